The van der Waals surface area contributed by atoms with Crippen LogP contribution in [-0.4, -0.2) is 4.57 Å². The molecule has 0 spiro atoms. The lowest BCUT2D eigenvalue weighted by atomic mass is 10.1. The smallest absolute Gasteiger partial charge is 0.0534 e. The zero-order chi connectivity index (χ0) is 12.5. The van der Waals surface area contributed by atoms with Crippen molar-refractivity contribution < 1.29 is 0 Å². The molecule has 18 heavy (non-hydrogen) atoms. The minimum absolute atomic E-state index is 1.08. The monoisotopic (exact) mass is 235 g/mol. The predicted molar refractivity (Wildman–Crippen MR) is 77.4 cm³/mol. The van der Waals surface area contributed by atoms with E-state index in [9.17, 15) is 0 Å². The highest BCUT2D eigenvalue weighted by molar-refractivity contribution is 5.87. The zero-order valence-corrected chi connectivity index (χ0v) is 10.9. The Balaban J connectivity index is 2.39. The van der Waals surface area contributed by atoms with Crippen molar-refractivity contribution in [3.05, 3.63) is 65.9 Å². The van der Waals surface area contributed by atoms with E-state index >= 15 is 0 Å². The Hall–Kier alpha value is -2.02. The van der Waals surface area contributed by atoms with Gasteiger partial charge in [-0.2, -0.15) is 0 Å². The van der Waals surface area contributed by atoms with E-state index in [0.717, 1.165) is 6.42 Å². The maximum absolute atomic E-state index is 2.36. The highest BCUT2D eigenvalue weighted by Gasteiger charge is 2.12. The van der Waals surface area contributed by atoms with Gasteiger partial charge in [0.1, 0.15) is 0 Å². The molecule has 1 heteroatoms. The quantitative estimate of drug-likeness (QED) is 0.616. The Labute approximate surface area is 108 Å². The van der Waals surface area contributed by atoms with Gasteiger partial charge in [-0.25, -0.2) is 0 Å². The zero-order valence-electron chi connectivity index (χ0n) is 10.9. The van der Waals surface area contributed by atoms with Crippen molar-refractivity contribution >= 4 is 10.9 Å². The molecule has 2 aromatic carbocycles. The van der Waals surface area contributed by atoms with E-state index in [4.69, 9.17) is 0 Å². The molecule has 1 heterocycles. The average Bonchev–Trinajstić information content (AvgIpc) is 2.71. The van der Waals surface area contributed by atoms with Gasteiger partial charge in [-0.05, 0) is 37.1 Å². The lowest BCUT2D eigenvalue weighted by molar-refractivity contribution is 1.01. The standard InChI is InChI=1S/C17H17N/c1-3-15-13(2)18(14-9-5-4-6-10-14)17-12-8-7-11-16(15)17/h4-12H,3H2,1-2H3. The first kappa shape index (κ1) is 11.1. The van der Waals surface area contributed by atoms with Gasteiger partial charge in [0.2, 0.25) is 0 Å². The van der Waals surface area contributed by atoms with Crippen LogP contribution in [0.3, 0.4) is 0 Å². The number of para-hydroxylation sites is 2. The second-order valence-electron chi connectivity index (χ2n) is 4.61. The number of rotatable bonds is 2. The first-order valence-corrected chi connectivity index (χ1v) is 6.47. The molecule has 0 aliphatic heterocycles. The van der Waals surface area contributed by atoms with Crippen molar-refractivity contribution in [2.24, 2.45) is 0 Å². The Morgan fingerprint density at radius 2 is 1.56 bits per heavy atom. The minimum Gasteiger partial charge on any atom is -0.314 e. The molecule has 0 fully saturated rings. The SMILES string of the molecule is CCc1c(C)n(-c2ccccc2)c2ccccc12. The molecule has 1 aromatic heterocycles. The van der Waals surface area contributed by atoms with Gasteiger partial charge in [-0.15, -0.1) is 0 Å². The van der Waals surface area contributed by atoms with Gasteiger partial charge >= 0.3 is 0 Å². The van der Waals surface area contributed by atoms with Gasteiger partial charge in [0.15, 0.2) is 0 Å². The summed E-state index contributed by atoms with van der Waals surface area (Å²) >= 11 is 0. The molecule has 0 N–H and O–H groups in total. The average molecular weight is 235 g/mol. The van der Waals surface area contributed by atoms with E-state index < -0.39 is 0 Å². The van der Waals surface area contributed by atoms with E-state index in [-0.39, 0.29) is 0 Å². The van der Waals surface area contributed by atoms with Crippen LogP contribution in [0.1, 0.15) is 18.2 Å². The largest absolute Gasteiger partial charge is 0.314 e. The lowest BCUT2D eigenvalue weighted by Gasteiger charge is -2.08. The Morgan fingerprint density at radius 1 is 0.889 bits per heavy atom. The van der Waals surface area contributed by atoms with Crippen LogP contribution in [0.25, 0.3) is 16.6 Å². The van der Waals surface area contributed by atoms with Gasteiger partial charge in [0.05, 0.1) is 5.52 Å². The summed E-state index contributed by atoms with van der Waals surface area (Å²) in [5.41, 5.74) is 5.35. The van der Waals surface area contributed by atoms with Gasteiger partial charge in [-0.3, -0.25) is 0 Å². The number of hydrogen-bond acceptors (Lipinski definition) is 0. The van der Waals surface area contributed by atoms with Crippen LogP contribution in [0.2, 0.25) is 0 Å². The highest BCUT2D eigenvalue weighted by Crippen LogP contribution is 2.29. The fraction of sp³-hybridized carbons (Fsp3) is 0.176. The Morgan fingerprint density at radius 3 is 2.28 bits per heavy atom. The molecule has 0 radical (unpaired) electrons. The summed E-state index contributed by atoms with van der Waals surface area (Å²) in [6.07, 6.45) is 1.08. The number of nitrogens with zero attached hydrogens (tertiary/aromatic N) is 1. The normalized spacial score (nSPS) is 11.0. The van der Waals surface area contributed by atoms with Crippen molar-refractivity contribution in [1.82, 2.24) is 4.57 Å². The number of benzene rings is 2. The van der Waals surface area contributed by atoms with Gasteiger partial charge in [0.25, 0.3) is 0 Å². The fourth-order valence-corrected chi connectivity index (χ4v) is 2.79. The van der Waals surface area contributed by atoms with Crippen LogP contribution in [0, 0.1) is 6.92 Å². The molecule has 3 rings (SSSR count). The molecule has 90 valence electrons. The third-order valence-electron chi connectivity index (χ3n) is 3.61. The highest BCUT2D eigenvalue weighted by atomic mass is 15.0. The molecule has 0 atom stereocenters. The lowest BCUT2D eigenvalue weighted by Crippen LogP contribution is -1.96. The van der Waals surface area contributed by atoms with Crippen LogP contribution in [-0.2, 0) is 6.42 Å². The number of hydrogen-bond donors (Lipinski definition) is 0. The molecule has 3 aromatic rings. The summed E-state index contributed by atoms with van der Waals surface area (Å²) in [4.78, 5) is 0. The third kappa shape index (κ3) is 1.55. The molecule has 0 unspecified atom stereocenters. The molecule has 1 nitrogen and oxygen atoms in total. The first-order chi connectivity index (χ1) is 8.83. The van der Waals surface area contributed by atoms with E-state index in [0.29, 0.717) is 0 Å². The summed E-state index contributed by atoms with van der Waals surface area (Å²) in [5.74, 6) is 0. The molecule has 0 saturated carbocycles. The van der Waals surface area contributed by atoms with Crippen molar-refractivity contribution in [3.8, 4) is 5.69 Å². The Bertz CT molecular complexity index is 677. The van der Waals surface area contributed by atoms with Crippen molar-refractivity contribution in [3.63, 3.8) is 0 Å². The first-order valence-electron chi connectivity index (χ1n) is 6.47. The van der Waals surface area contributed by atoms with Crippen LogP contribution in [0.5, 0.6) is 0 Å². The number of aromatic nitrogens is 1. The van der Waals surface area contributed by atoms with Crippen LogP contribution >= 0.6 is 0 Å². The van der Waals surface area contributed by atoms with Gasteiger partial charge in [0, 0.05) is 16.8 Å². The predicted octanol–water partition coefficient (Wildman–Crippen LogP) is 4.50. The fourth-order valence-electron chi connectivity index (χ4n) is 2.79. The van der Waals surface area contributed by atoms with E-state index in [2.05, 4.69) is 73.0 Å². The minimum atomic E-state index is 1.08. The third-order valence-corrected chi connectivity index (χ3v) is 3.61. The second kappa shape index (κ2) is 4.34. The maximum Gasteiger partial charge on any atom is 0.0534 e. The molecule has 0 bridgehead atoms. The Kier molecular flexibility index (Phi) is 2.67. The summed E-state index contributed by atoms with van der Waals surface area (Å²) in [5, 5.41) is 1.38. The van der Waals surface area contributed by atoms with Gasteiger partial charge < -0.3 is 4.57 Å². The van der Waals surface area contributed by atoms with Crippen LogP contribution in [0.15, 0.2) is 54.6 Å². The topological polar surface area (TPSA) is 4.93 Å². The summed E-state index contributed by atoms with van der Waals surface area (Å²) in [7, 11) is 0. The second-order valence-corrected chi connectivity index (χ2v) is 4.61. The molecule has 0 aliphatic rings. The molecular formula is C17H17N. The molecule has 0 amide bonds. The van der Waals surface area contributed by atoms with E-state index in [1.807, 2.05) is 0 Å². The van der Waals surface area contributed by atoms with Crippen molar-refractivity contribution in [1.29, 1.82) is 0 Å². The van der Waals surface area contributed by atoms with Crippen LogP contribution < -0.4 is 0 Å². The van der Waals surface area contributed by atoms with Crippen LogP contribution in [0.4, 0.5) is 0 Å². The number of fused-ring (bicyclic) bond motifs is 1. The van der Waals surface area contributed by atoms with Crippen molar-refractivity contribution in [2.45, 2.75) is 20.3 Å². The van der Waals surface area contributed by atoms with Gasteiger partial charge in [-0.1, -0.05) is 43.3 Å². The van der Waals surface area contributed by atoms with E-state index in [1.165, 1.54) is 27.8 Å². The molecule has 0 saturated heterocycles. The maximum atomic E-state index is 2.36. The van der Waals surface area contributed by atoms with E-state index in [1.54, 1.807) is 0 Å². The summed E-state index contributed by atoms with van der Waals surface area (Å²) < 4.78 is 2.36. The molecule has 0 aliphatic carbocycles. The van der Waals surface area contributed by atoms with Crippen molar-refractivity contribution in [2.75, 3.05) is 0 Å². The summed E-state index contributed by atoms with van der Waals surface area (Å²) in [6, 6.07) is 19.2. The molecular weight excluding hydrogens is 218 g/mol. The summed E-state index contributed by atoms with van der Waals surface area (Å²) in [6.45, 7) is 4.44. The number of aryl methyl sites for hydroxylation is 1.